The van der Waals surface area contributed by atoms with Gasteiger partial charge in [-0.1, -0.05) is 170 Å². The highest BCUT2D eigenvalue weighted by Crippen LogP contribution is 2.50. The Kier molecular flexibility index (Phi) is 9.50. The van der Waals surface area contributed by atoms with Crippen molar-refractivity contribution in [2.45, 2.75) is 0 Å². The number of anilines is 7. The maximum atomic E-state index is 5.05. The minimum Gasteiger partial charge on any atom is -0.321 e. The molecule has 65 heavy (non-hydrogen) atoms. The molecule has 0 aliphatic carbocycles. The number of pyridine rings is 1. The van der Waals surface area contributed by atoms with Gasteiger partial charge in [-0.25, -0.2) is 4.98 Å². The molecule has 9 aromatic carbocycles. The zero-order valence-corrected chi connectivity index (χ0v) is 35.6. The van der Waals surface area contributed by atoms with Gasteiger partial charge in [0.15, 0.2) is 0 Å². The standard InChI is InChI=1S/C60H43N5/c1-5-19-43(20-6-1)46-37-38-61-59(39-46)65-55-32-14-13-29-53(55)54-36-35-50(41-58(54)65)64(60-51(44-21-7-2-8-22-44)30-18-31-52(60)45-23-9-3-10-24-45)49-28-17-27-48(40-49)63-42-62(47-25-11-4-12-26-47)56-33-15-16-34-57(56)63/h1-41H,42H2. The van der Waals surface area contributed by atoms with E-state index in [9.17, 15) is 0 Å². The van der Waals surface area contributed by atoms with Crippen molar-refractivity contribution in [2.75, 3.05) is 21.4 Å². The van der Waals surface area contributed by atoms with Gasteiger partial charge in [0.25, 0.3) is 0 Å². The quantitative estimate of drug-likeness (QED) is 0.145. The molecule has 11 aromatic rings. The molecule has 0 atom stereocenters. The Morgan fingerprint density at radius 2 is 0.908 bits per heavy atom. The maximum Gasteiger partial charge on any atom is 0.138 e. The third kappa shape index (κ3) is 6.78. The zero-order valence-electron chi connectivity index (χ0n) is 35.6. The Bertz CT molecular complexity index is 3420. The molecule has 1 aliphatic heterocycles. The molecule has 0 bridgehead atoms. The van der Waals surface area contributed by atoms with E-state index in [1.165, 1.54) is 22.1 Å². The largest absolute Gasteiger partial charge is 0.321 e. The summed E-state index contributed by atoms with van der Waals surface area (Å²) in [6.45, 7) is 0.684. The van der Waals surface area contributed by atoms with Crippen LogP contribution in [-0.2, 0) is 0 Å². The summed E-state index contributed by atoms with van der Waals surface area (Å²) < 4.78 is 2.33. The van der Waals surface area contributed by atoms with Crippen LogP contribution in [0.1, 0.15) is 0 Å². The summed E-state index contributed by atoms with van der Waals surface area (Å²) in [7, 11) is 0. The Hall–Kier alpha value is -8.67. The topological polar surface area (TPSA) is 27.5 Å². The van der Waals surface area contributed by atoms with Gasteiger partial charge in [0, 0.05) is 50.8 Å². The van der Waals surface area contributed by atoms with Gasteiger partial charge in [0.2, 0.25) is 0 Å². The summed E-state index contributed by atoms with van der Waals surface area (Å²) in [5.74, 6) is 0.869. The molecule has 0 amide bonds. The van der Waals surface area contributed by atoms with Crippen molar-refractivity contribution in [3.8, 4) is 39.2 Å². The lowest BCUT2D eigenvalue weighted by molar-refractivity contribution is 0.991. The van der Waals surface area contributed by atoms with Crippen LogP contribution in [0.4, 0.5) is 39.8 Å². The fourth-order valence-corrected chi connectivity index (χ4v) is 9.65. The molecular weight excluding hydrogens is 791 g/mol. The van der Waals surface area contributed by atoms with Crippen LogP contribution in [0, 0.1) is 0 Å². The first kappa shape index (κ1) is 38.0. The van der Waals surface area contributed by atoms with Crippen molar-refractivity contribution < 1.29 is 0 Å². The molecule has 0 unspecified atom stereocenters. The highest BCUT2D eigenvalue weighted by Gasteiger charge is 2.29. The minimum absolute atomic E-state index is 0.684. The average Bonchev–Trinajstić information content (AvgIpc) is 3.94. The normalized spacial score (nSPS) is 12.2. The van der Waals surface area contributed by atoms with E-state index in [-0.39, 0.29) is 0 Å². The van der Waals surface area contributed by atoms with E-state index in [0.29, 0.717) is 6.67 Å². The van der Waals surface area contributed by atoms with Crippen molar-refractivity contribution >= 4 is 61.6 Å². The first-order valence-corrected chi connectivity index (χ1v) is 22.2. The summed E-state index contributed by atoms with van der Waals surface area (Å²) >= 11 is 0. The first-order chi connectivity index (χ1) is 32.3. The summed E-state index contributed by atoms with van der Waals surface area (Å²) in [5.41, 5.74) is 16.8. The number of aromatic nitrogens is 2. The molecule has 0 saturated heterocycles. The third-order valence-electron chi connectivity index (χ3n) is 12.6. The van der Waals surface area contributed by atoms with E-state index >= 15 is 0 Å². The van der Waals surface area contributed by atoms with Crippen LogP contribution in [0.5, 0.6) is 0 Å². The molecule has 0 fully saturated rings. The van der Waals surface area contributed by atoms with E-state index in [4.69, 9.17) is 4.98 Å². The molecule has 0 N–H and O–H groups in total. The Labute approximate surface area is 379 Å². The number of rotatable bonds is 9. The summed E-state index contributed by atoms with van der Waals surface area (Å²) in [5, 5.41) is 2.35. The SMILES string of the molecule is c1ccc(-c2ccnc(-n3c4ccccc4c4ccc(N(c5cccc(N6CN(c7ccccc7)c7ccccc76)c5)c5c(-c6ccccc6)cccc5-c5ccccc5)cc43)c2)cc1. The predicted molar refractivity (Wildman–Crippen MR) is 272 cm³/mol. The fourth-order valence-electron chi connectivity index (χ4n) is 9.65. The molecule has 1 aliphatic rings. The van der Waals surface area contributed by atoms with Crippen molar-refractivity contribution in [3.63, 3.8) is 0 Å². The maximum absolute atomic E-state index is 5.05. The summed E-state index contributed by atoms with van der Waals surface area (Å²) in [6.07, 6.45) is 1.93. The molecule has 2 aromatic heterocycles. The average molecular weight is 834 g/mol. The van der Waals surface area contributed by atoms with Gasteiger partial charge < -0.3 is 14.7 Å². The molecule has 5 nitrogen and oxygen atoms in total. The number of hydrogen-bond donors (Lipinski definition) is 0. The third-order valence-corrected chi connectivity index (χ3v) is 12.6. The van der Waals surface area contributed by atoms with Gasteiger partial charge in [-0.2, -0.15) is 0 Å². The van der Waals surface area contributed by atoms with Gasteiger partial charge in [0.1, 0.15) is 12.5 Å². The van der Waals surface area contributed by atoms with Crippen LogP contribution in [0.25, 0.3) is 61.0 Å². The second-order valence-electron chi connectivity index (χ2n) is 16.4. The summed E-state index contributed by atoms with van der Waals surface area (Å²) in [6, 6.07) is 87.2. The number of para-hydroxylation sites is 5. The molecular formula is C60H43N5. The van der Waals surface area contributed by atoms with Crippen molar-refractivity contribution in [1.29, 1.82) is 0 Å². The number of fused-ring (bicyclic) bond motifs is 4. The molecule has 0 spiro atoms. The highest BCUT2D eigenvalue weighted by atomic mass is 15.4. The van der Waals surface area contributed by atoms with Crippen LogP contribution in [0.2, 0.25) is 0 Å². The first-order valence-electron chi connectivity index (χ1n) is 22.2. The monoisotopic (exact) mass is 833 g/mol. The van der Waals surface area contributed by atoms with E-state index in [1.807, 2.05) is 6.20 Å². The van der Waals surface area contributed by atoms with Crippen molar-refractivity contribution in [1.82, 2.24) is 9.55 Å². The smallest absolute Gasteiger partial charge is 0.138 e. The molecule has 308 valence electrons. The van der Waals surface area contributed by atoms with Crippen molar-refractivity contribution in [3.05, 3.63) is 249 Å². The van der Waals surface area contributed by atoms with E-state index in [1.54, 1.807) is 0 Å². The van der Waals surface area contributed by atoms with Gasteiger partial charge in [0.05, 0.1) is 28.1 Å². The number of nitrogens with zero attached hydrogens (tertiary/aromatic N) is 5. The van der Waals surface area contributed by atoms with E-state index < -0.39 is 0 Å². The number of hydrogen-bond acceptors (Lipinski definition) is 4. The van der Waals surface area contributed by atoms with Gasteiger partial charge in [-0.15, -0.1) is 0 Å². The lowest BCUT2D eigenvalue weighted by Gasteiger charge is -2.31. The van der Waals surface area contributed by atoms with Gasteiger partial charge >= 0.3 is 0 Å². The molecule has 5 heteroatoms. The molecule has 0 radical (unpaired) electrons. The van der Waals surface area contributed by atoms with E-state index in [0.717, 1.165) is 78.7 Å². The van der Waals surface area contributed by atoms with Crippen LogP contribution in [-0.4, -0.2) is 16.2 Å². The lowest BCUT2D eigenvalue weighted by atomic mass is 9.94. The molecule has 0 saturated carbocycles. The van der Waals surface area contributed by atoms with Gasteiger partial charge in [-0.3, -0.25) is 4.57 Å². The summed E-state index contributed by atoms with van der Waals surface area (Å²) in [4.78, 5) is 12.3. The predicted octanol–water partition coefficient (Wildman–Crippen LogP) is 15.9. The zero-order chi connectivity index (χ0) is 43.1. The minimum atomic E-state index is 0.684. The van der Waals surface area contributed by atoms with E-state index in [2.05, 4.69) is 262 Å². The fraction of sp³-hybridized carbons (Fsp3) is 0.0167. The van der Waals surface area contributed by atoms with Crippen LogP contribution < -0.4 is 14.7 Å². The Balaban J connectivity index is 1.11. The highest BCUT2D eigenvalue weighted by molar-refractivity contribution is 6.11. The van der Waals surface area contributed by atoms with Crippen molar-refractivity contribution in [2.24, 2.45) is 0 Å². The second-order valence-corrected chi connectivity index (χ2v) is 16.4. The Morgan fingerprint density at radius 3 is 1.60 bits per heavy atom. The molecule has 3 heterocycles. The van der Waals surface area contributed by atoms with Gasteiger partial charge in [-0.05, 0) is 95.1 Å². The number of benzene rings is 9. The Morgan fingerprint density at radius 1 is 0.369 bits per heavy atom. The van der Waals surface area contributed by atoms with Crippen LogP contribution in [0.3, 0.4) is 0 Å². The lowest BCUT2D eigenvalue weighted by Crippen LogP contribution is -2.24. The molecule has 12 rings (SSSR count). The second kappa shape index (κ2) is 16.2. The van der Waals surface area contributed by atoms with Crippen LogP contribution in [0.15, 0.2) is 249 Å². The van der Waals surface area contributed by atoms with Crippen LogP contribution >= 0.6 is 0 Å².